The molecule has 0 saturated heterocycles. The van der Waals surface area contributed by atoms with Gasteiger partial charge in [-0.1, -0.05) is 36.4 Å². The Bertz CT molecular complexity index is 1220. The number of hydrogen-bond donors (Lipinski definition) is 2. The van der Waals surface area contributed by atoms with Gasteiger partial charge in [-0.15, -0.1) is 0 Å². The summed E-state index contributed by atoms with van der Waals surface area (Å²) in [6.07, 6.45) is 4.33. The van der Waals surface area contributed by atoms with E-state index in [1.165, 1.54) is 6.20 Å². The van der Waals surface area contributed by atoms with E-state index in [9.17, 15) is 14.7 Å². The number of nitrogens with zero attached hydrogens (tertiary/aromatic N) is 2. The van der Waals surface area contributed by atoms with Crippen molar-refractivity contribution in [2.45, 2.75) is 13.0 Å². The number of ketones is 1. The normalized spacial score (nSPS) is 10.7. The lowest BCUT2D eigenvalue weighted by Crippen LogP contribution is -2.12. The lowest BCUT2D eigenvalue weighted by atomic mass is 9.96. The Hall–Kier alpha value is -4.06. The summed E-state index contributed by atoms with van der Waals surface area (Å²) in [5.41, 5.74) is 3.49. The van der Waals surface area contributed by atoms with E-state index in [1.807, 2.05) is 36.4 Å². The first-order valence-corrected chi connectivity index (χ1v) is 9.47. The summed E-state index contributed by atoms with van der Waals surface area (Å²) < 4.78 is 0. The van der Waals surface area contributed by atoms with Crippen LogP contribution in [0, 0.1) is 0 Å². The summed E-state index contributed by atoms with van der Waals surface area (Å²) in [7, 11) is 0. The number of fused-ring (bicyclic) bond motifs is 1. The smallest absolute Gasteiger partial charge is 0.215 e. The van der Waals surface area contributed by atoms with Gasteiger partial charge in [0.05, 0.1) is 0 Å². The second kappa shape index (κ2) is 8.53. The van der Waals surface area contributed by atoms with Gasteiger partial charge < -0.3 is 10.4 Å². The molecule has 0 radical (unpaired) electrons. The summed E-state index contributed by atoms with van der Waals surface area (Å²) in [6.45, 7) is 0.297. The maximum Gasteiger partial charge on any atom is 0.215 e. The minimum atomic E-state index is -0.401. The third-order valence-electron chi connectivity index (χ3n) is 4.79. The van der Waals surface area contributed by atoms with Crippen molar-refractivity contribution in [1.29, 1.82) is 0 Å². The number of rotatable bonds is 7. The Morgan fingerprint density at radius 1 is 0.967 bits per heavy atom. The van der Waals surface area contributed by atoms with Crippen molar-refractivity contribution >= 4 is 23.1 Å². The highest BCUT2D eigenvalue weighted by atomic mass is 16.3. The first-order chi connectivity index (χ1) is 14.7. The average molecular weight is 397 g/mol. The van der Waals surface area contributed by atoms with Crippen molar-refractivity contribution in [3.05, 3.63) is 101 Å². The fourth-order valence-corrected chi connectivity index (χ4v) is 3.42. The number of benzene rings is 2. The molecule has 1 amide bonds. The highest BCUT2D eigenvalue weighted by Gasteiger charge is 2.19. The minimum Gasteiger partial charge on any atom is -0.504 e. The van der Waals surface area contributed by atoms with E-state index in [0.29, 0.717) is 35.8 Å². The average Bonchev–Trinajstić information content (AvgIpc) is 2.78. The summed E-state index contributed by atoms with van der Waals surface area (Å²) in [5, 5.41) is 13.9. The molecule has 4 aromatic rings. The largest absolute Gasteiger partial charge is 0.504 e. The standard InChI is InChI=1S/C24H19N3O3/c28-15-25-13-18-10-17(9-16-5-2-1-3-6-16)11-20(12-18)23(29)22-24(30)21-19(14-27-22)7-4-8-26-21/h1-8,10-12,14-15,30H,9,13H2,(H,25,28). The maximum atomic E-state index is 13.2. The molecule has 4 rings (SSSR count). The summed E-state index contributed by atoms with van der Waals surface area (Å²) in [5.74, 6) is -0.638. The SMILES string of the molecule is O=CNCc1cc(Cc2ccccc2)cc(C(=O)c2ncc3cccnc3c2O)c1. The van der Waals surface area contributed by atoms with Gasteiger partial charge in [0, 0.05) is 29.9 Å². The van der Waals surface area contributed by atoms with E-state index in [0.717, 1.165) is 16.7 Å². The van der Waals surface area contributed by atoms with Crippen LogP contribution in [0.4, 0.5) is 0 Å². The minimum absolute atomic E-state index is 0.0487. The topological polar surface area (TPSA) is 92.2 Å². The Morgan fingerprint density at radius 3 is 2.57 bits per heavy atom. The van der Waals surface area contributed by atoms with Crippen LogP contribution < -0.4 is 5.32 Å². The predicted octanol–water partition coefficient (Wildman–Crippen LogP) is 3.40. The molecule has 2 aromatic heterocycles. The van der Waals surface area contributed by atoms with Crippen molar-refractivity contribution in [1.82, 2.24) is 15.3 Å². The Balaban J connectivity index is 1.75. The lowest BCUT2D eigenvalue weighted by Gasteiger charge is -2.11. The number of carbonyl (C=O) groups excluding carboxylic acids is 2. The fourth-order valence-electron chi connectivity index (χ4n) is 3.42. The van der Waals surface area contributed by atoms with Gasteiger partial charge in [-0.25, -0.2) is 4.98 Å². The number of amides is 1. The quantitative estimate of drug-likeness (QED) is 0.368. The predicted molar refractivity (Wildman–Crippen MR) is 113 cm³/mol. The third kappa shape index (κ3) is 4.03. The third-order valence-corrected chi connectivity index (χ3v) is 4.79. The van der Waals surface area contributed by atoms with E-state index in [2.05, 4.69) is 15.3 Å². The van der Waals surface area contributed by atoms with Crippen LogP contribution in [0.3, 0.4) is 0 Å². The number of pyridine rings is 2. The molecule has 0 spiro atoms. The molecule has 6 nitrogen and oxygen atoms in total. The second-order valence-corrected chi connectivity index (χ2v) is 6.93. The van der Waals surface area contributed by atoms with Gasteiger partial charge in [0.25, 0.3) is 0 Å². The summed E-state index contributed by atoms with van der Waals surface area (Å²) >= 11 is 0. The van der Waals surface area contributed by atoms with Crippen LogP contribution in [-0.4, -0.2) is 27.3 Å². The van der Waals surface area contributed by atoms with E-state index >= 15 is 0 Å². The highest BCUT2D eigenvalue weighted by molar-refractivity contribution is 6.11. The van der Waals surface area contributed by atoms with Crippen LogP contribution in [0.2, 0.25) is 0 Å². The molecule has 0 saturated carbocycles. The molecular weight excluding hydrogens is 378 g/mol. The van der Waals surface area contributed by atoms with Crippen molar-refractivity contribution in [2.24, 2.45) is 0 Å². The Morgan fingerprint density at radius 2 is 1.77 bits per heavy atom. The molecule has 0 fully saturated rings. The van der Waals surface area contributed by atoms with Gasteiger partial charge in [-0.3, -0.25) is 14.6 Å². The van der Waals surface area contributed by atoms with E-state index in [4.69, 9.17) is 0 Å². The molecule has 0 aliphatic heterocycles. The van der Waals surface area contributed by atoms with Gasteiger partial charge in [0.15, 0.2) is 11.4 Å². The number of carbonyl (C=O) groups is 2. The van der Waals surface area contributed by atoms with E-state index < -0.39 is 5.78 Å². The Kier molecular flexibility index (Phi) is 5.48. The first kappa shape index (κ1) is 19.3. The van der Waals surface area contributed by atoms with Crippen LogP contribution in [0.5, 0.6) is 5.75 Å². The van der Waals surface area contributed by atoms with Crippen LogP contribution in [0.1, 0.15) is 32.7 Å². The fraction of sp³-hybridized carbons (Fsp3) is 0.0833. The molecule has 2 N–H and O–H groups in total. The molecule has 2 aromatic carbocycles. The van der Waals surface area contributed by atoms with Gasteiger partial charge >= 0.3 is 0 Å². The monoisotopic (exact) mass is 397 g/mol. The molecule has 0 aliphatic rings. The van der Waals surface area contributed by atoms with Gasteiger partial charge in [0.2, 0.25) is 12.2 Å². The molecule has 0 aliphatic carbocycles. The Labute approximate surface area is 173 Å². The summed E-state index contributed by atoms with van der Waals surface area (Å²) in [6, 6.07) is 18.9. The van der Waals surface area contributed by atoms with Crippen LogP contribution in [0.25, 0.3) is 10.9 Å². The maximum absolute atomic E-state index is 13.2. The van der Waals surface area contributed by atoms with Crippen LogP contribution >= 0.6 is 0 Å². The zero-order valence-electron chi connectivity index (χ0n) is 16.1. The molecule has 30 heavy (non-hydrogen) atoms. The van der Waals surface area contributed by atoms with Crippen molar-refractivity contribution in [2.75, 3.05) is 0 Å². The van der Waals surface area contributed by atoms with Crippen molar-refractivity contribution in [3.8, 4) is 5.75 Å². The van der Waals surface area contributed by atoms with E-state index in [1.54, 1.807) is 30.5 Å². The highest BCUT2D eigenvalue weighted by Crippen LogP contribution is 2.27. The number of hydrogen-bond acceptors (Lipinski definition) is 5. The molecule has 148 valence electrons. The van der Waals surface area contributed by atoms with Crippen LogP contribution in [0.15, 0.2) is 73.1 Å². The van der Waals surface area contributed by atoms with Gasteiger partial charge in [-0.05, 0) is 47.4 Å². The molecular formula is C24H19N3O3. The number of nitrogens with one attached hydrogen (secondary N) is 1. The van der Waals surface area contributed by atoms with E-state index in [-0.39, 0.29) is 11.4 Å². The molecule has 0 atom stereocenters. The first-order valence-electron chi connectivity index (χ1n) is 9.47. The van der Waals surface area contributed by atoms with Gasteiger partial charge in [0.1, 0.15) is 5.52 Å². The molecule has 0 bridgehead atoms. The van der Waals surface area contributed by atoms with Crippen LogP contribution in [-0.2, 0) is 17.8 Å². The molecule has 2 heterocycles. The summed E-state index contributed by atoms with van der Waals surface area (Å²) in [4.78, 5) is 32.3. The van der Waals surface area contributed by atoms with Crippen molar-refractivity contribution < 1.29 is 14.7 Å². The number of aromatic hydroxyl groups is 1. The zero-order valence-corrected chi connectivity index (χ0v) is 16.1. The zero-order chi connectivity index (χ0) is 20.9. The van der Waals surface area contributed by atoms with Gasteiger partial charge in [-0.2, -0.15) is 0 Å². The molecule has 0 unspecified atom stereocenters. The molecule has 6 heteroatoms. The number of aromatic nitrogens is 2. The lowest BCUT2D eigenvalue weighted by molar-refractivity contribution is -0.109. The van der Waals surface area contributed by atoms with Crippen molar-refractivity contribution in [3.63, 3.8) is 0 Å². The second-order valence-electron chi connectivity index (χ2n) is 6.93.